The van der Waals surface area contributed by atoms with Crippen molar-refractivity contribution in [1.82, 2.24) is 10.3 Å². The average molecular weight is 233 g/mol. The van der Waals surface area contributed by atoms with E-state index in [9.17, 15) is 0 Å². The lowest BCUT2D eigenvalue weighted by atomic mass is 10.2. The Labute approximate surface area is 105 Å². The van der Waals surface area contributed by atoms with Gasteiger partial charge in [-0.15, -0.1) is 6.58 Å². The molecule has 1 aromatic heterocycles. The first-order valence-corrected chi connectivity index (χ1v) is 6.10. The van der Waals surface area contributed by atoms with Gasteiger partial charge in [0, 0.05) is 26.3 Å². The molecule has 94 valence electrons. The second-order valence-electron chi connectivity index (χ2n) is 4.70. The van der Waals surface area contributed by atoms with Gasteiger partial charge in [-0.25, -0.2) is 0 Å². The first-order valence-electron chi connectivity index (χ1n) is 6.10. The minimum absolute atomic E-state index is 0.672. The van der Waals surface area contributed by atoms with Crippen LogP contribution in [0, 0.1) is 5.92 Å². The summed E-state index contributed by atoms with van der Waals surface area (Å²) < 4.78 is 0. The molecule has 1 aromatic rings. The first kappa shape index (κ1) is 13.7. The fourth-order valence-corrected chi connectivity index (χ4v) is 1.70. The summed E-state index contributed by atoms with van der Waals surface area (Å²) in [4.78, 5) is 6.35. The monoisotopic (exact) mass is 233 g/mol. The molecule has 3 heteroatoms. The summed E-state index contributed by atoms with van der Waals surface area (Å²) in [6.07, 6.45) is 5.66. The first-order chi connectivity index (χ1) is 8.15. The van der Waals surface area contributed by atoms with Gasteiger partial charge in [-0.05, 0) is 24.1 Å². The number of likely N-dealkylation sites (N-methyl/N-ethyl adjacent to an activating group) is 1. The second-order valence-corrected chi connectivity index (χ2v) is 4.70. The van der Waals surface area contributed by atoms with Crippen molar-refractivity contribution in [2.24, 2.45) is 5.92 Å². The lowest BCUT2D eigenvalue weighted by Gasteiger charge is -2.20. The Hall–Kier alpha value is -1.35. The number of hydrogen-bond acceptors (Lipinski definition) is 3. The van der Waals surface area contributed by atoms with Crippen LogP contribution < -0.4 is 10.2 Å². The molecule has 0 aliphatic heterocycles. The molecule has 0 aliphatic carbocycles. The molecule has 1 N–H and O–H groups in total. The molecule has 0 saturated heterocycles. The van der Waals surface area contributed by atoms with E-state index in [-0.39, 0.29) is 0 Å². The van der Waals surface area contributed by atoms with E-state index in [1.165, 1.54) is 11.3 Å². The zero-order valence-electron chi connectivity index (χ0n) is 11.1. The van der Waals surface area contributed by atoms with Gasteiger partial charge in [0.2, 0.25) is 0 Å². The molecule has 0 bridgehead atoms. The summed E-state index contributed by atoms with van der Waals surface area (Å²) in [6, 6.07) is 2.07. The molecule has 0 radical (unpaired) electrons. The van der Waals surface area contributed by atoms with Crippen molar-refractivity contribution >= 4 is 5.69 Å². The molecule has 1 rings (SSSR count). The summed E-state index contributed by atoms with van der Waals surface area (Å²) in [5, 5.41) is 3.46. The minimum Gasteiger partial charge on any atom is -0.369 e. The van der Waals surface area contributed by atoms with Crippen molar-refractivity contribution in [3.63, 3.8) is 0 Å². The van der Waals surface area contributed by atoms with E-state index in [1.54, 1.807) is 0 Å². The van der Waals surface area contributed by atoms with Crippen LogP contribution >= 0.6 is 0 Å². The number of hydrogen-bond donors (Lipinski definition) is 1. The van der Waals surface area contributed by atoms with Crippen molar-refractivity contribution in [2.75, 3.05) is 25.0 Å². The second kappa shape index (κ2) is 7.07. The van der Waals surface area contributed by atoms with Crippen LogP contribution in [0.4, 0.5) is 5.69 Å². The van der Waals surface area contributed by atoms with Crippen molar-refractivity contribution < 1.29 is 0 Å². The third-order valence-corrected chi connectivity index (χ3v) is 2.57. The smallest absolute Gasteiger partial charge is 0.0598 e. The van der Waals surface area contributed by atoms with E-state index in [2.05, 4.69) is 48.7 Å². The van der Waals surface area contributed by atoms with Gasteiger partial charge >= 0.3 is 0 Å². The fraction of sp³-hybridized carbons (Fsp3) is 0.500. The molecule has 0 atom stereocenters. The van der Waals surface area contributed by atoms with E-state index in [0.29, 0.717) is 5.92 Å². The zero-order valence-corrected chi connectivity index (χ0v) is 11.1. The molecule has 0 fully saturated rings. The van der Waals surface area contributed by atoms with Gasteiger partial charge in [-0.2, -0.15) is 0 Å². The van der Waals surface area contributed by atoms with E-state index in [4.69, 9.17) is 0 Å². The van der Waals surface area contributed by atoms with Crippen LogP contribution in [0.2, 0.25) is 0 Å². The lowest BCUT2D eigenvalue weighted by molar-refractivity contribution is 0.552. The Morgan fingerprint density at radius 2 is 2.29 bits per heavy atom. The zero-order chi connectivity index (χ0) is 12.7. The number of anilines is 1. The quantitative estimate of drug-likeness (QED) is 0.733. The molecule has 0 amide bonds. The largest absolute Gasteiger partial charge is 0.369 e. The van der Waals surface area contributed by atoms with Gasteiger partial charge in [-0.1, -0.05) is 19.9 Å². The van der Waals surface area contributed by atoms with E-state index in [0.717, 1.165) is 19.6 Å². The van der Waals surface area contributed by atoms with Gasteiger partial charge in [-0.3, -0.25) is 4.98 Å². The van der Waals surface area contributed by atoms with Gasteiger partial charge in [0.1, 0.15) is 0 Å². The standard InChI is InChI=1S/C14H23N3/c1-5-8-17(4)14-11-15-7-6-13(14)10-16-9-12(2)3/h5-7,11-12,16H,1,8-10H2,2-4H3. The lowest BCUT2D eigenvalue weighted by Crippen LogP contribution is -2.23. The average Bonchev–Trinajstić information content (AvgIpc) is 2.29. The Balaban J connectivity index is 2.66. The Morgan fingerprint density at radius 1 is 1.53 bits per heavy atom. The highest BCUT2D eigenvalue weighted by molar-refractivity contribution is 5.51. The molecule has 17 heavy (non-hydrogen) atoms. The number of rotatable bonds is 7. The minimum atomic E-state index is 0.672. The molecule has 0 aliphatic rings. The predicted molar refractivity (Wildman–Crippen MR) is 74.2 cm³/mol. The Morgan fingerprint density at radius 3 is 2.94 bits per heavy atom. The topological polar surface area (TPSA) is 28.2 Å². The van der Waals surface area contributed by atoms with Crippen LogP contribution in [0.3, 0.4) is 0 Å². The van der Waals surface area contributed by atoms with Crippen LogP contribution in [0.25, 0.3) is 0 Å². The summed E-state index contributed by atoms with van der Waals surface area (Å²) in [6.45, 7) is 10.9. The van der Waals surface area contributed by atoms with E-state index in [1.807, 2.05) is 18.5 Å². The van der Waals surface area contributed by atoms with Crippen LogP contribution in [0.5, 0.6) is 0 Å². The van der Waals surface area contributed by atoms with Crippen molar-refractivity contribution in [1.29, 1.82) is 0 Å². The highest BCUT2D eigenvalue weighted by Crippen LogP contribution is 2.17. The molecule has 1 heterocycles. The van der Waals surface area contributed by atoms with Crippen LogP contribution in [-0.2, 0) is 6.54 Å². The number of aromatic nitrogens is 1. The van der Waals surface area contributed by atoms with Crippen LogP contribution in [0.1, 0.15) is 19.4 Å². The highest BCUT2D eigenvalue weighted by Gasteiger charge is 2.06. The van der Waals surface area contributed by atoms with E-state index < -0.39 is 0 Å². The Bertz CT molecular complexity index is 347. The summed E-state index contributed by atoms with van der Waals surface area (Å²) in [5.41, 5.74) is 2.45. The molecule has 0 aromatic carbocycles. The molecule has 0 saturated carbocycles. The van der Waals surface area contributed by atoms with Gasteiger partial charge in [0.15, 0.2) is 0 Å². The van der Waals surface area contributed by atoms with Crippen LogP contribution in [0.15, 0.2) is 31.1 Å². The SMILES string of the molecule is C=CCN(C)c1cnccc1CNCC(C)C. The Kier molecular flexibility index (Phi) is 5.70. The van der Waals surface area contributed by atoms with Crippen LogP contribution in [-0.4, -0.2) is 25.1 Å². The van der Waals surface area contributed by atoms with Gasteiger partial charge in [0.05, 0.1) is 11.9 Å². The van der Waals surface area contributed by atoms with Crippen molar-refractivity contribution in [2.45, 2.75) is 20.4 Å². The maximum atomic E-state index is 4.19. The third-order valence-electron chi connectivity index (χ3n) is 2.57. The summed E-state index contributed by atoms with van der Waals surface area (Å²) in [7, 11) is 2.06. The summed E-state index contributed by atoms with van der Waals surface area (Å²) >= 11 is 0. The predicted octanol–water partition coefficient (Wildman–Crippen LogP) is 2.45. The van der Waals surface area contributed by atoms with E-state index >= 15 is 0 Å². The molecular formula is C14H23N3. The number of pyridine rings is 1. The summed E-state index contributed by atoms with van der Waals surface area (Å²) in [5.74, 6) is 0.672. The van der Waals surface area contributed by atoms with Gasteiger partial charge in [0.25, 0.3) is 0 Å². The normalized spacial score (nSPS) is 10.6. The molecule has 0 spiro atoms. The van der Waals surface area contributed by atoms with Gasteiger partial charge < -0.3 is 10.2 Å². The van der Waals surface area contributed by atoms with Crippen molar-refractivity contribution in [3.8, 4) is 0 Å². The number of nitrogens with zero attached hydrogens (tertiary/aromatic N) is 2. The maximum absolute atomic E-state index is 4.19. The maximum Gasteiger partial charge on any atom is 0.0598 e. The molecule has 0 unspecified atom stereocenters. The number of nitrogens with one attached hydrogen (secondary N) is 1. The fourth-order valence-electron chi connectivity index (χ4n) is 1.70. The molecule has 3 nitrogen and oxygen atoms in total. The molecular weight excluding hydrogens is 210 g/mol. The third kappa shape index (κ3) is 4.57. The van der Waals surface area contributed by atoms with Crippen molar-refractivity contribution in [3.05, 3.63) is 36.7 Å². The highest BCUT2D eigenvalue weighted by atomic mass is 15.1.